The van der Waals surface area contributed by atoms with Crippen LogP contribution < -0.4 is 5.73 Å². The highest BCUT2D eigenvalue weighted by Crippen LogP contribution is 2.16. The number of thioether (sulfide) groups is 1. The second-order valence-electron chi connectivity index (χ2n) is 2.15. The van der Waals surface area contributed by atoms with Crippen LogP contribution in [-0.4, -0.2) is 22.9 Å². The summed E-state index contributed by atoms with van der Waals surface area (Å²) in [4.78, 5) is 11.2. The molecule has 0 aliphatic heterocycles. The van der Waals surface area contributed by atoms with E-state index in [4.69, 9.17) is 10.8 Å². The van der Waals surface area contributed by atoms with Crippen LogP contribution in [0, 0.1) is 0 Å². The molecule has 4 heteroatoms. The summed E-state index contributed by atoms with van der Waals surface area (Å²) in [6, 6.07) is -0.775. The van der Waals surface area contributed by atoms with Gasteiger partial charge in [-0.3, -0.25) is 4.79 Å². The smallest absolute Gasteiger partial charge is 0.321 e. The lowest BCUT2D eigenvalue weighted by Gasteiger charge is -2.05. The van der Waals surface area contributed by atoms with Crippen LogP contribution in [0.25, 0.3) is 0 Å². The van der Waals surface area contributed by atoms with Crippen LogP contribution in [0.1, 0.15) is 13.3 Å². The van der Waals surface area contributed by atoms with Crippen molar-refractivity contribution in [2.45, 2.75) is 19.4 Å². The zero-order valence-electron chi connectivity index (χ0n) is 6.54. The third kappa shape index (κ3) is 4.86. The summed E-state index contributed by atoms with van der Waals surface area (Å²) in [5, 5.41) is 8.40. The molecule has 0 amide bonds. The first kappa shape index (κ1) is 10.5. The Morgan fingerprint density at radius 3 is 2.73 bits per heavy atom. The van der Waals surface area contributed by atoms with Gasteiger partial charge in [-0.05, 0) is 11.3 Å². The van der Waals surface area contributed by atoms with Crippen LogP contribution in [-0.2, 0) is 4.79 Å². The predicted molar refractivity (Wildman–Crippen MR) is 47.5 cm³/mol. The lowest BCUT2D eigenvalue weighted by molar-refractivity contribution is -0.137. The molecule has 0 saturated carbocycles. The van der Waals surface area contributed by atoms with Gasteiger partial charge in [-0.2, -0.15) is 0 Å². The maximum Gasteiger partial charge on any atom is 0.321 e. The van der Waals surface area contributed by atoms with Crippen LogP contribution in [0.15, 0.2) is 11.5 Å². The lowest BCUT2D eigenvalue weighted by Crippen LogP contribution is -2.32. The van der Waals surface area contributed by atoms with E-state index in [-0.39, 0.29) is 0 Å². The number of carboxylic acid groups (broad SMARTS) is 1. The summed E-state index contributed by atoms with van der Waals surface area (Å²) in [6.45, 7) is 5.69. The van der Waals surface area contributed by atoms with Gasteiger partial charge in [-0.25, -0.2) is 0 Å². The normalized spacial score (nSPS) is 12.5. The molecule has 0 aliphatic rings. The van der Waals surface area contributed by atoms with Gasteiger partial charge in [-0.1, -0.05) is 13.5 Å². The van der Waals surface area contributed by atoms with Crippen molar-refractivity contribution < 1.29 is 9.90 Å². The molecule has 1 atom stereocenters. The van der Waals surface area contributed by atoms with Crippen molar-refractivity contribution in [1.29, 1.82) is 0 Å². The minimum absolute atomic E-state index is 0.405. The number of allylic oxidation sites excluding steroid dienone is 1. The summed E-state index contributed by atoms with van der Waals surface area (Å²) in [7, 11) is 0. The monoisotopic (exact) mass is 175 g/mol. The molecule has 0 rings (SSSR count). The first-order valence-electron chi connectivity index (χ1n) is 3.37. The standard InChI is InChI=1S/C7H13NO2S/c1-3-5(2)11-4-6(8)7(9)10/h6H,2-4,8H2,1H3,(H,9,10)/t6-/m0/s1. The molecule has 0 unspecified atom stereocenters. The van der Waals surface area contributed by atoms with E-state index in [9.17, 15) is 4.79 Å². The van der Waals surface area contributed by atoms with E-state index in [1.54, 1.807) is 0 Å². The highest BCUT2D eigenvalue weighted by atomic mass is 32.2. The van der Waals surface area contributed by atoms with Crippen LogP contribution in [0.4, 0.5) is 0 Å². The molecule has 0 spiro atoms. The van der Waals surface area contributed by atoms with Crippen molar-refractivity contribution in [3.8, 4) is 0 Å². The molecule has 0 heterocycles. The zero-order chi connectivity index (χ0) is 8.85. The molecule has 0 fully saturated rings. The van der Waals surface area contributed by atoms with Gasteiger partial charge < -0.3 is 10.8 Å². The van der Waals surface area contributed by atoms with Crippen LogP contribution in [0.5, 0.6) is 0 Å². The molecule has 64 valence electrons. The number of rotatable bonds is 5. The fourth-order valence-electron chi connectivity index (χ4n) is 0.381. The molecule has 3 N–H and O–H groups in total. The summed E-state index contributed by atoms with van der Waals surface area (Å²) in [5.74, 6) is -0.552. The number of hydrogen-bond acceptors (Lipinski definition) is 3. The van der Waals surface area contributed by atoms with Crippen LogP contribution >= 0.6 is 11.8 Å². The van der Waals surface area contributed by atoms with Crippen molar-refractivity contribution in [3.05, 3.63) is 11.5 Å². The molecule has 0 aromatic carbocycles. The first-order chi connectivity index (χ1) is 5.07. The van der Waals surface area contributed by atoms with E-state index in [0.29, 0.717) is 5.75 Å². The van der Waals surface area contributed by atoms with E-state index in [0.717, 1.165) is 11.3 Å². The highest BCUT2D eigenvalue weighted by molar-refractivity contribution is 8.03. The summed E-state index contributed by atoms with van der Waals surface area (Å²) in [6.07, 6.45) is 0.858. The summed E-state index contributed by atoms with van der Waals surface area (Å²) < 4.78 is 0. The van der Waals surface area contributed by atoms with Crippen molar-refractivity contribution in [2.75, 3.05) is 5.75 Å². The van der Waals surface area contributed by atoms with Gasteiger partial charge in [0, 0.05) is 5.75 Å². The Kier molecular flexibility index (Phi) is 4.98. The molecular weight excluding hydrogens is 162 g/mol. The molecule has 0 radical (unpaired) electrons. The second-order valence-corrected chi connectivity index (χ2v) is 3.35. The number of hydrogen-bond donors (Lipinski definition) is 2. The predicted octanol–water partition coefficient (Wildman–Crippen LogP) is 1.06. The quantitative estimate of drug-likeness (QED) is 0.655. The molecule has 0 bridgehead atoms. The van der Waals surface area contributed by atoms with Gasteiger partial charge in [0.15, 0.2) is 0 Å². The van der Waals surface area contributed by atoms with Gasteiger partial charge >= 0.3 is 5.97 Å². The molecule has 3 nitrogen and oxygen atoms in total. The molecule has 0 aromatic heterocycles. The zero-order valence-corrected chi connectivity index (χ0v) is 7.36. The van der Waals surface area contributed by atoms with Crippen molar-refractivity contribution in [1.82, 2.24) is 0 Å². The number of aliphatic carboxylic acids is 1. The average Bonchev–Trinajstić information content (AvgIpc) is 1.99. The largest absolute Gasteiger partial charge is 0.480 e. The van der Waals surface area contributed by atoms with Crippen molar-refractivity contribution in [3.63, 3.8) is 0 Å². The maximum absolute atomic E-state index is 10.2. The minimum atomic E-state index is -0.957. The first-order valence-corrected chi connectivity index (χ1v) is 4.35. The molecule has 0 aromatic rings. The van der Waals surface area contributed by atoms with Gasteiger partial charge in [0.25, 0.3) is 0 Å². The molecule has 0 aliphatic carbocycles. The van der Waals surface area contributed by atoms with Gasteiger partial charge in [0.05, 0.1) is 0 Å². The van der Waals surface area contributed by atoms with E-state index >= 15 is 0 Å². The Balaban J connectivity index is 3.54. The van der Waals surface area contributed by atoms with Crippen molar-refractivity contribution in [2.24, 2.45) is 5.73 Å². The fraction of sp³-hybridized carbons (Fsp3) is 0.571. The summed E-state index contributed by atoms with van der Waals surface area (Å²) in [5.41, 5.74) is 5.26. The van der Waals surface area contributed by atoms with Gasteiger partial charge in [0.2, 0.25) is 0 Å². The molecule has 11 heavy (non-hydrogen) atoms. The highest BCUT2D eigenvalue weighted by Gasteiger charge is 2.10. The Morgan fingerprint density at radius 2 is 2.36 bits per heavy atom. The Hall–Kier alpha value is -0.480. The van der Waals surface area contributed by atoms with E-state index < -0.39 is 12.0 Å². The number of carbonyl (C=O) groups is 1. The van der Waals surface area contributed by atoms with Gasteiger partial charge in [0.1, 0.15) is 6.04 Å². The van der Waals surface area contributed by atoms with E-state index in [2.05, 4.69) is 6.58 Å². The lowest BCUT2D eigenvalue weighted by atomic mass is 10.4. The minimum Gasteiger partial charge on any atom is -0.480 e. The van der Waals surface area contributed by atoms with E-state index in [1.807, 2.05) is 6.92 Å². The Bertz CT molecular complexity index is 159. The fourth-order valence-corrected chi connectivity index (χ4v) is 1.14. The third-order valence-corrected chi connectivity index (χ3v) is 2.40. The van der Waals surface area contributed by atoms with Crippen LogP contribution in [0.3, 0.4) is 0 Å². The number of nitrogens with two attached hydrogens (primary N) is 1. The Labute approximate surface area is 70.7 Å². The van der Waals surface area contributed by atoms with Gasteiger partial charge in [-0.15, -0.1) is 11.8 Å². The summed E-state index contributed by atoms with van der Waals surface area (Å²) >= 11 is 1.41. The maximum atomic E-state index is 10.2. The van der Waals surface area contributed by atoms with E-state index in [1.165, 1.54) is 11.8 Å². The SMILES string of the molecule is C=C(CC)SC[C@H](N)C(=O)O. The number of carboxylic acids is 1. The second kappa shape index (κ2) is 5.21. The Morgan fingerprint density at radius 1 is 1.82 bits per heavy atom. The van der Waals surface area contributed by atoms with Crippen LogP contribution in [0.2, 0.25) is 0 Å². The molecule has 0 saturated heterocycles. The molecular formula is C7H13NO2S. The third-order valence-electron chi connectivity index (χ3n) is 1.18. The average molecular weight is 175 g/mol. The topological polar surface area (TPSA) is 63.3 Å². The van der Waals surface area contributed by atoms with Crippen molar-refractivity contribution >= 4 is 17.7 Å².